The van der Waals surface area contributed by atoms with Crippen molar-refractivity contribution in [2.45, 2.75) is 44.6 Å². The largest absolute Gasteiger partial charge is 0.355 e. The zero-order valence-corrected chi connectivity index (χ0v) is 16.4. The number of nitrogens with one attached hydrogen (secondary N) is 2. The number of amides is 3. The fraction of sp³-hybridized carbons (Fsp3) is 0.545. The molecule has 0 aromatic heterocycles. The number of rotatable bonds is 4. The van der Waals surface area contributed by atoms with Gasteiger partial charge in [0.15, 0.2) is 0 Å². The third-order valence-electron chi connectivity index (χ3n) is 6.58. The van der Waals surface area contributed by atoms with Gasteiger partial charge in [-0.05, 0) is 43.4 Å². The van der Waals surface area contributed by atoms with Gasteiger partial charge in [-0.25, -0.2) is 0 Å². The molecule has 1 aromatic rings. The third kappa shape index (κ3) is 4.26. The fourth-order valence-electron chi connectivity index (χ4n) is 4.72. The Kier molecular flexibility index (Phi) is 5.27. The van der Waals surface area contributed by atoms with Gasteiger partial charge in [-0.3, -0.25) is 14.4 Å². The molecule has 2 heterocycles. The summed E-state index contributed by atoms with van der Waals surface area (Å²) in [6, 6.07) is 9.43. The van der Waals surface area contributed by atoms with Gasteiger partial charge in [0.1, 0.15) is 0 Å². The maximum Gasteiger partial charge on any atom is 0.227 e. The normalized spacial score (nSPS) is 23.2. The Labute approximate surface area is 170 Å². The van der Waals surface area contributed by atoms with Crippen LogP contribution in [-0.4, -0.2) is 48.3 Å². The van der Waals surface area contributed by atoms with Gasteiger partial charge in [-0.2, -0.15) is 5.26 Å². The first kappa shape index (κ1) is 19.4. The molecule has 2 saturated heterocycles. The summed E-state index contributed by atoms with van der Waals surface area (Å²) in [6.07, 6.45) is 4.54. The van der Waals surface area contributed by atoms with E-state index in [2.05, 4.69) is 16.7 Å². The number of likely N-dealkylation sites (tertiary alicyclic amines) is 1. The van der Waals surface area contributed by atoms with Crippen LogP contribution in [0.3, 0.4) is 0 Å². The predicted molar refractivity (Wildman–Crippen MR) is 105 cm³/mol. The lowest BCUT2D eigenvalue weighted by Crippen LogP contribution is -2.61. The maximum atomic E-state index is 12.5. The number of benzene rings is 1. The number of nitrogens with zero attached hydrogens (tertiary/aromatic N) is 2. The van der Waals surface area contributed by atoms with Gasteiger partial charge in [0.25, 0.3) is 0 Å². The Morgan fingerprint density at radius 1 is 1.21 bits per heavy atom. The van der Waals surface area contributed by atoms with E-state index in [1.54, 1.807) is 12.1 Å². The minimum absolute atomic E-state index is 0.0165. The summed E-state index contributed by atoms with van der Waals surface area (Å²) in [5, 5.41) is 14.7. The summed E-state index contributed by atoms with van der Waals surface area (Å²) in [4.78, 5) is 38.0. The molecule has 1 aromatic carbocycles. The zero-order chi connectivity index (χ0) is 20.4. The van der Waals surface area contributed by atoms with Gasteiger partial charge >= 0.3 is 0 Å². The van der Waals surface area contributed by atoms with Crippen molar-refractivity contribution in [3.8, 4) is 6.07 Å². The van der Waals surface area contributed by atoms with Crippen LogP contribution in [0.15, 0.2) is 24.3 Å². The van der Waals surface area contributed by atoms with Crippen molar-refractivity contribution < 1.29 is 14.4 Å². The Balaban J connectivity index is 1.20. The van der Waals surface area contributed by atoms with Crippen LogP contribution in [0.1, 0.15) is 43.2 Å². The van der Waals surface area contributed by atoms with E-state index >= 15 is 0 Å². The van der Waals surface area contributed by atoms with Crippen molar-refractivity contribution in [1.82, 2.24) is 15.5 Å². The van der Waals surface area contributed by atoms with Crippen LogP contribution in [-0.2, 0) is 20.8 Å². The zero-order valence-electron chi connectivity index (χ0n) is 16.4. The third-order valence-corrected chi connectivity index (χ3v) is 6.58. The first-order valence-corrected chi connectivity index (χ1v) is 10.3. The average molecular weight is 394 g/mol. The first-order chi connectivity index (χ1) is 14.0. The predicted octanol–water partition coefficient (Wildman–Crippen LogP) is 1.12. The van der Waals surface area contributed by atoms with Crippen molar-refractivity contribution in [3.63, 3.8) is 0 Å². The van der Waals surface area contributed by atoms with Crippen LogP contribution in [0, 0.1) is 22.7 Å². The van der Waals surface area contributed by atoms with E-state index in [1.165, 1.54) is 0 Å². The second-order valence-corrected chi connectivity index (χ2v) is 8.72. The summed E-state index contributed by atoms with van der Waals surface area (Å²) in [7, 11) is 0. The van der Waals surface area contributed by atoms with E-state index in [-0.39, 0.29) is 35.1 Å². The summed E-state index contributed by atoms with van der Waals surface area (Å²) in [6.45, 7) is 2.03. The number of nitriles is 1. The van der Waals surface area contributed by atoms with Gasteiger partial charge in [0.05, 0.1) is 24.0 Å². The van der Waals surface area contributed by atoms with Crippen LogP contribution < -0.4 is 10.6 Å². The summed E-state index contributed by atoms with van der Waals surface area (Å²) >= 11 is 0. The number of carbonyl (C=O) groups is 3. The molecule has 1 spiro atoms. The molecule has 2 N–H and O–H groups in total. The van der Waals surface area contributed by atoms with Gasteiger partial charge in [0, 0.05) is 37.5 Å². The molecule has 3 fully saturated rings. The standard InChI is InChI=1S/C22H26N4O3/c23-11-16-3-1-15(2-4-16)9-20(28)26-13-22(14-26)7-5-18(6-8-22)25-21(29)17-10-19(27)24-12-17/h1-4,17-18H,5-10,12-14H2,(H,24,27)(H,25,29). The second-order valence-electron chi connectivity index (χ2n) is 8.72. The fourth-order valence-corrected chi connectivity index (χ4v) is 4.72. The lowest BCUT2D eigenvalue weighted by Gasteiger charge is -2.53. The first-order valence-electron chi connectivity index (χ1n) is 10.3. The molecule has 0 radical (unpaired) electrons. The van der Waals surface area contributed by atoms with E-state index in [1.807, 2.05) is 17.0 Å². The van der Waals surface area contributed by atoms with Crippen LogP contribution in [0.5, 0.6) is 0 Å². The Morgan fingerprint density at radius 3 is 2.48 bits per heavy atom. The van der Waals surface area contributed by atoms with E-state index in [0.717, 1.165) is 44.3 Å². The molecule has 7 heteroatoms. The van der Waals surface area contributed by atoms with E-state index < -0.39 is 0 Å². The van der Waals surface area contributed by atoms with E-state index in [9.17, 15) is 14.4 Å². The SMILES string of the molecule is N#Cc1ccc(CC(=O)N2CC3(CCC(NC(=O)C4CNC(=O)C4)CC3)C2)cc1. The van der Waals surface area contributed by atoms with Crippen LogP contribution in [0.4, 0.5) is 0 Å². The highest BCUT2D eigenvalue weighted by Gasteiger charge is 2.47. The molecule has 1 unspecified atom stereocenters. The van der Waals surface area contributed by atoms with Gasteiger partial charge in [-0.15, -0.1) is 0 Å². The Hall–Kier alpha value is -2.88. The molecular formula is C22H26N4O3. The molecule has 1 saturated carbocycles. The van der Waals surface area contributed by atoms with Gasteiger partial charge in [-0.1, -0.05) is 12.1 Å². The lowest BCUT2D eigenvalue weighted by atomic mass is 9.67. The van der Waals surface area contributed by atoms with E-state index in [4.69, 9.17) is 5.26 Å². The van der Waals surface area contributed by atoms with Crippen LogP contribution in [0.25, 0.3) is 0 Å². The molecule has 0 bridgehead atoms. The Bertz CT molecular complexity index is 842. The second kappa shape index (κ2) is 7.86. The minimum Gasteiger partial charge on any atom is -0.355 e. The topological polar surface area (TPSA) is 102 Å². The molecule has 1 atom stereocenters. The molecule has 4 rings (SSSR count). The van der Waals surface area contributed by atoms with Crippen molar-refractivity contribution in [2.75, 3.05) is 19.6 Å². The highest BCUT2D eigenvalue weighted by atomic mass is 16.2. The van der Waals surface area contributed by atoms with Gasteiger partial charge in [0.2, 0.25) is 17.7 Å². The summed E-state index contributed by atoms with van der Waals surface area (Å²) in [5.74, 6) is -0.170. The van der Waals surface area contributed by atoms with Crippen molar-refractivity contribution in [2.24, 2.45) is 11.3 Å². The molecular weight excluding hydrogens is 368 g/mol. The van der Waals surface area contributed by atoms with Crippen molar-refractivity contribution in [1.29, 1.82) is 5.26 Å². The maximum absolute atomic E-state index is 12.5. The van der Waals surface area contributed by atoms with Crippen molar-refractivity contribution in [3.05, 3.63) is 35.4 Å². The monoisotopic (exact) mass is 394 g/mol. The lowest BCUT2D eigenvalue weighted by molar-refractivity contribution is -0.145. The number of hydrogen-bond acceptors (Lipinski definition) is 4. The van der Waals surface area contributed by atoms with E-state index in [0.29, 0.717) is 24.9 Å². The molecule has 1 aliphatic carbocycles. The van der Waals surface area contributed by atoms with Gasteiger partial charge < -0.3 is 15.5 Å². The highest BCUT2D eigenvalue weighted by Crippen LogP contribution is 2.44. The van der Waals surface area contributed by atoms with Crippen LogP contribution >= 0.6 is 0 Å². The molecule has 2 aliphatic heterocycles. The number of carbonyl (C=O) groups excluding carboxylic acids is 3. The smallest absolute Gasteiger partial charge is 0.227 e. The molecule has 29 heavy (non-hydrogen) atoms. The minimum atomic E-state index is -0.238. The molecule has 3 aliphatic rings. The summed E-state index contributed by atoms with van der Waals surface area (Å²) in [5.41, 5.74) is 1.73. The van der Waals surface area contributed by atoms with Crippen LogP contribution in [0.2, 0.25) is 0 Å². The Morgan fingerprint density at radius 2 is 1.90 bits per heavy atom. The quantitative estimate of drug-likeness (QED) is 0.799. The highest BCUT2D eigenvalue weighted by molar-refractivity contribution is 5.89. The molecule has 7 nitrogen and oxygen atoms in total. The molecule has 152 valence electrons. The summed E-state index contributed by atoms with van der Waals surface area (Å²) < 4.78 is 0. The number of hydrogen-bond donors (Lipinski definition) is 2. The van der Waals surface area contributed by atoms with Crippen molar-refractivity contribution >= 4 is 17.7 Å². The average Bonchev–Trinajstić information content (AvgIpc) is 3.14. The molecule has 3 amide bonds.